The van der Waals surface area contributed by atoms with Crippen LogP contribution in [0, 0.1) is 3.57 Å². The van der Waals surface area contributed by atoms with E-state index in [-0.39, 0.29) is 0 Å². The van der Waals surface area contributed by atoms with E-state index in [0.29, 0.717) is 0 Å². The molecule has 0 bridgehead atoms. The van der Waals surface area contributed by atoms with Gasteiger partial charge in [-0.25, -0.2) is 0 Å². The molecule has 0 unspecified atom stereocenters. The zero-order valence-corrected chi connectivity index (χ0v) is 12.9. The summed E-state index contributed by atoms with van der Waals surface area (Å²) in [4.78, 5) is 3.57. The number of para-hydroxylation sites is 1. The van der Waals surface area contributed by atoms with Gasteiger partial charge < -0.3 is 4.98 Å². The van der Waals surface area contributed by atoms with Crippen LogP contribution in [0.25, 0.3) is 38.7 Å². The Bertz CT molecular complexity index is 979. The minimum atomic E-state index is 1.18. The number of H-pyrrole nitrogens is 1. The molecule has 0 amide bonds. The van der Waals surface area contributed by atoms with Crippen molar-refractivity contribution in [3.05, 3.63) is 64.2 Å². The van der Waals surface area contributed by atoms with Crippen LogP contribution in [0.2, 0.25) is 0 Å². The van der Waals surface area contributed by atoms with Gasteiger partial charge in [0.1, 0.15) is 0 Å². The van der Waals surface area contributed by atoms with E-state index in [1.54, 1.807) is 0 Å². The van der Waals surface area contributed by atoms with Crippen LogP contribution in [0.3, 0.4) is 0 Å². The van der Waals surface area contributed by atoms with Gasteiger partial charge in [-0.3, -0.25) is 0 Å². The highest BCUT2D eigenvalue weighted by atomic mass is 127. The topological polar surface area (TPSA) is 15.8 Å². The smallest absolute Gasteiger partial charge is 0.0555 e. The molecule has 96 valence electrons. The molecule has 1 N–H and O–H groups in total. The predicted molar refractivity (Wildman–Crippen MR) is 96.1 cm³/mol. The Hall–Kier alpha value is -1.81. The van der Waals surface area contributed by atoms with E-state index in [9.17, 15) is 0 Å². The molecule has 0 aliphatic carbocycles. The van der Waals surface area contributed by atoms with Crippen LogP contribution in [-0.4, -0.2) is 4.98 Å². The van der Waals surface area contributed by atoms with Crippen molar-refractivity contribution in [2.75, 3.05) is 0 Å². The van der Waals surface area contributed by atoms with Crippen molar-refractivity contribution in [2.24, 2.45) is 0 Å². The standard InChI is InChI=1S/C18H12IN/c1-2-11-7-8-12-9-10-14-13-5-3-4-6-15(13)20-18(14)16(12)17(11)19/h2-10,20H,1H2. The van der Waals surface area contributed by atoms with Crippen molar-refractivity contribution in [2.45, 2.75) is 0 Å². The van der Waals surface area contributed by atoms with Gasteiger partial charge in [0.25, 0.3) is 0 Å². The maximum absolute atomic E-state index is 3.91. The summed E-state index contributed by atoms with van der Waals surface area (Å²) in [6.07, 6.45) is 1.92. The molecule has 0 atom stereocenters. The van der Waals surface area contributed by atoms with Gasteiger partial charge in [0.2, 0.25) is 0 Å². The highest BCUT2D eigenvalue weighted by Gasteiger charge is 2.10. The number of hydrogen-bond donors (Lipinski definition) is 1. The first kappa shape index (κ1) is 12.0. The molecule has 2 heteroatoms. The lowest BCUT2D eigenvalue weighted by molar-refractivity contribution is 1.55. The first-order valence-electron chi connectivity index (χ1n) is 6.53. The molecule has 0 fully saturated rings. The quantitative estimate of drug-likeness (QED) is 0.413. The molecule has 1 aromatic heterocycles. The molecular formula is C18H12IN. The second-order valence-electron chi connectivity index (χ2n) is 4.93. The summed E-state index contributed by atoms with van der Waals surface area (Å²) in [5.41, 5.74) is 3.59. The third-order valence-corrected chi connectivity index (χ3v) is 5.01. The highest BCUT2D eigenvalue weighted by molar-refractivity contribution is 14.1. The molecule has 0 aliphatic heterocycles. The van der Waals surface area contributed by atoms with Crippen molar-refractivity contribution < 1.29 is 0 Å². The number of benzene rings is 3. The fourth-order valence-electron chi connectivity index (χ4n) is 2.86. The Morgan fingerprint density at radius 1 is 0.950 bits per heavy atom. The van der Waals surface area contributed by atoms with Gasteiger partial charge in [-0.05, 0) is 39.6 Å². The molecule has 1 nitrogen and oxygen atoms in total. The molecule has 4 rings (SSSR count). The lowest BCUT2D eigenvalue weighted by Gasteiger charge is -2.06. The van der Waals surface area contributed by atoms with Gasteiger partial charge in [-0.1, -0.05) is 55.1 Å². The molecule has 1 heterocycles. The molecule has 4 aromatic rings. The van der Waals surface area contributed by atoms with E-state index in [1.807, 2.05) is 6.08 Å². The van der Waals surface area contributed by atoms with Crippen LogP contribution < -0.4 is 0 Å². The van der Waals surface area contributed by atoms with Crippen molar-refractivity contribution >= 4 is 61.2 Å². The molecule has 20 heavy (non-hydrogen) atoms. The van der Waals surface area contributed by atoms with Crippen LogP contribution in [-0.2, 0) is 0 Å². The minimum Gasteiger partial charge on any atom is -0.354 e. The molecule has 0 radical (unpaired) electrons. The minimum absolute atomic E-state index is 1.18. The summed E-state index contributed by atoms with van der Waals surface area (Å²) in [7, 11) is 0. The second kappa shape index (κ2) is 4.35. The van der Waals surface area contributed by atoms with Gasteiger partial charge in [0.15, 0.2) is 0 Å². The number of rotatable bonds is 1. The monoisotopic (exact) mass is 369 g/mol. The SMILES string of the molecule is C=Cc1ccc2ccc3c4ccccc4[nH]c3c2c1I. The van der Waals surface area contributed by atoms with E-state index < -0.39 is 0 Å². The first-order valence-corrected chi connectivity index (χ1v) is 7.61. The number of aromatic amines is 1. The summed E-state index contributed by atoms with van der Waals surface area (Å²) in [6.45, 7) is 3.91. The van der Waals surface area contributed by atoms with Gasteiger partial charge in [-0.2, -0.15) is 0 Å². The van der Waals surface area contributed by atoms with Gasteiger partial charge in [0.05, 0.1) is 5.52 Å². The van der Waals surface area contributed by atoms with Crippen LogP contribution in [0.4, 0.5) is 0 Å². The van der Waals surface area contributed by atoms with Gasteiger partial charge in [0, 0.05) is 25.2 Å². The fraction of sp³-hybridized carbons (Fsp3) is 0. The van der Waals surface area contributed by atoms with Gasteiger partial charge >= 0.3 is 0 Å². The average molecular weight is 369 g/mol. The summed E-state index contributed by atoms with van der Waals surface area (Å²) < 4.78 is 1.26. The van der Waals surface area contributed by atoms with Crippen LogP contribution in [0.5, 0.6) is 0 Å². The van der Waals surface area contributed by atoms with Crippen LogP contribution in [0.15, 0.2) is 55.1 Å². The van der Waals surface area contributed by atoms with Crippen molar-refractivity contribution in [3.63, 3.8) is 0 Å². The van der Waals surface area contributed by atoms with E-state index in [4.69, 9.17) is 0 Å². The Kier molecular flexibility index (Phi) is 2.60. The second-order valence-corrected chi connectivity index (χ2v) is 6.01. The lowest BCUT2D eigenvalue weighted by Crippen LogP contribution is -1.85. The summed E-state index contributed by atoms with van der Waals surface area (Å²) >= 11 is 2.42. The number of aromatic nitrogens is 1. The van der Waals surface area contributed by atoms with E-state index in [1.165, 1.54) is 41.7 Å². The molecule has 0 spiro atoms. The number of halogens is 1. The molecule has 3 aromatic carbocycles. The molecule has 0 saturated carbocycles. The van der Waals surface area contributed by atoms with E-state index >= 15 is 0 Å². The number of fused-ring (bicyclic) bond motifs is 5. The fourth-order valence-corrected chi connectivity index (χ4v) is 3.85. The Morgan fingerprint density at radius 3 is 2.60 bits per heavy atom. The summed E-state index contributed by atoms with van der Waals surface area (Å²) in [5, 5.41) is 5.12. The predicted octanol–water partition coefficient (Wildman–Crippen LogP) is 5.72. The molecule has 0 aliphatic rings. The Balaban J connectivity index is 2.30. The third kappa shape index (κ3) is 1.54. The number of hydrogen-bond acceptors (Lipinski definition) is 0. The Labute approximate surface area is 130 Å². The first-order chi connectivity index (χ1) is 9.79. The Morgan fingerprint density at radius 2 is 1.75 bits per heavy atom. The van der Waals surface area contributed by atoms with E-state index in [0.717, 1.165) is 0 Å². The van der Waals surface area contributed by atoms with Crippen LogP contribution >= 0.6 is 22.6 Å². The lowest BCUT2D eigenvalue weighted by atomic mass is 10.0. The molecule has 0 saturated heterocycles. The maximum atomic E-state index is 3.91. The van der Waals surface area contributed by atoms with Crippen LogP contribution in [0.1, 0.15) is 5.56 Å². The zero-order chi connectivity index (χ0) is 13.7. The zero-order valence-electron chi connectivity index (χ0n) is 10.8. The van der Waals surface area contributed by atoms with Crippen molar-refractivity contribution in [1.29, 1.82) is 0 Å². The largest absolute Gasteiger partial charge is 0.354 e. The summed E-state index contributed by atoms with van der Waals surface area (Å²) in [5.74, 6) is 0. The normalized spacial score (nSPS) is 11.4. The van der Waals surface area contributed by atoms with E-state index in [2.05, 4.69) is 82.7 Å². The molecular weight excluding hydrogens is 357 g/mol. The highest BCUT2D eigenvalue weighted by Crippen LogP contribution is 2.34. The average Bonchev–Trinajstić information content (AvgIpc) is 2.86. The van der Waals surface area contributed by atoms with Crippen molar-refractivity contribution in [1.82, 2.24) is 4.98 Å². The van der Waals surface area contributed by atoms with Gasteiger partial charge in [-0.15, -0.1) is 0 Å². The van der Waals surface area contributed by atoms with Crippen molar-refractivity contribution in [3.8, 4) is 0 Å². The maximum Gasteiger partial charge on any atom is 0.0555 e. The number of nitrogens with one attached hydrogen (secondary N) is 1. The third-order valence-electron chi connectivity index (χ3n) is 3.85. The summed E-state index contributed by atoms with van der Waals surface area (Å²) in [6, 6.07) is 17.2.